The molecule has 0 unspecified atom stereocenters. The smallest absolute Gasteiger partial charge is 0.214 e. The van der Waals surface area contributed by atoms with Crippen molar-refractivity contribution in [2.45, 2.75) is 31.7 Å². The van der Waals surface area contributed by atoms with Gasteiger partial charge >= 0.3 is 0 Å². The SMILES string of the molecule is N=C(CO)OC(=N)[C@H]1CC[C@H](N)CC1. The first-order valence-corrected chi connectivity index (χ1v) is 4.83. The molecule has 0 amide bonds. The summed E-state index contributed by atoms with van der Waals surface area (Å²) in [5.74, 6) is -0.0949. The van der Waals surface area contributed by atoms with E-state index in [0.29, 0.717) is 0 Å². The highest BCUT2D eigenvalue weighted by Crippen LogP contribution is 2.24. The second-order valence-corrected chi connectivity index (χ2v) is 3.66. The van der Waals surface area contributed by atoms with Gasteiger partial charge in [0.25, 0.3) is 0 Å². The Bertz CT molecular complexity index is 222. The van der Waals surface area contributed by atoms with Gasteiger partial charge in [0.2, 0.25) is 5.90 Å². The largest absolute Gasteiger partial charge is 0.427 e. The van der Waals surface area contributed by atoms with Gasteiger partial charge in [0.15, 0.2) is 5.90 Å². The first-order valence-electron chi connectivity index (χ1n) is 4.83. The van der Waals surface area contributed by atoms with Crippen molar-refractivity contribution in [3.8, 4) is 0 Å². The minimum absolute atomic E-state index is 0.0710. The van der Waals surface area contributed by atoms with Crippen LogP contribution in [0.5, 0.6) is 0 Å². The molecule has 0 atom stereocenters. The van der Waals surface area contributed by atoms with Crippen LogP contribution in [0, 0.1) is 16.7 Å². The Morgan fingerprint density at radius 1 is 1.29 bits per heavy atom. The molecule has 1 aliphatic carbocycles. The van der Waals surface area contributed by atoms with Crippen LogP contribution in [0.2, 0.25) is 0 Å². The predicted molar refractivity (Wildman–Crippen MR) is 53.6 cm³/mol. The Morgan fingerprint density at radius 3 is 2.36 bits per heavy atom. The number of nitrogens with two attached hydrogens (primary N) is 1. The molecule has 1 aliphatic rings. The number of nitrogens with one attached hydrogen (secondary N) is 2. The van der Waals surface area contributed by atoms with Crippen LogP contribution in [0.25, 0.3) is 0 Å². The van der Waals surface area contributed by atoms with Crippen LogP contribution in [0.15, 0.2) is 0 Å². The van der Waals surface area contributed by atoms with Crippen molar-refractivity contribution in [1.82, 2.24) is 0 Å². The highest BCUT2D eigenvalue weighted by Gasteiger charge is 2.23. The molecule has 1 fully saturated rings. The van der Waals surface area contributed by atoms with Crippen molar-refractivity contribution in [1.29, 1.82) is 10.8 Å². The minimum atomic E-state index is -0.450. The van der Waals surface area contributed by atoms with Crippen molar-refractivity contribution in [3.05, 3.63) is 0 Å². The highest BCUT2D eigenvalue weighted by molar-refractivity contribution is 5.90. The molecule has 0 aliphatic heterocycles. The van der Waals surface area contributed by atoms with E-state index in [-0.39, 0.29) is 23.8 Å². The van der Waals surface area contributed by atoms with Crippen LogP contribution in [-0.4, -0.2) is 29.6 Å². The van der Waals surface area contributed by atoms with Crippen LogP contribution in [0.1, 0.15) is 25.7 Å². The summed E-state index contributed by atoms with van der Waals surface area (Å²) in [6.45, 7) is -0.450. The summed E-state index contributed by atoms with van der Waals surface area (Å²) in [7, 11) is 0. The minimum Gasteiger partial charge on any atom is -0.427 e. The third-order valence-corrected chi connectivity index (χ3v) is 2.52. The van der Waals surface area contributed by atoms with E-state index < -0.39 is 6.61 Å². The van der Waals surface area contributed by atoms with Crippen molar-refractivity contribution in [3.63, 3.8) is 0 Å². The number of ether oxygens (including phenoxy) is 1. The van der Waals surface area contributed by atoms with Crippen LogP contribution >= 0.6 is 0 Å². The molecule has 0 spiro atoms. The average Bonchev–Trinajstić information content (AvgIpc) is 2.18. The van der Waals surface area contributed by atoms with Crippen molar-refractivity contribution in [2.75, 3.05) is 6.61 Å². The number of hydrogen-bond donors (Lipinski definition) is 4. The summed E-state index contributed by atoms with van der Waals surface area (Å²) in [5.41, 5.74) is 5.73. The molecule has 0 saturated heterocycles. The molecule has 0 heterocycles. The summed E-state index contributed by atoms with van der Waals surface area (Å²) in [6.07, 6.45) is 3.50. The van der Waals surface area contributed by atoms with Gasteiger partial charge in [-0.2, -0.15) is 0 Å². The third-order valence-electron chi connectivity index (χ3n) is 2.52. The first-order chi connectivity index (χ1) is 6.63. The molecule has 0 aromatic rings. The summed E-state index contributed by atoms with van der Waals surface area (Å²) in [5, 5.41) is 23.2. The average molecular weight is 199 g/mol. The summed E-state index contributed by atoms with van der Waals surface area (Å²) < 4.78 is 4.85. The number of rotatable bonds is 2. The molecule has 1 saturated carbocycles. The lowest BCUT2D eigenvalue weighted by Gasteiger charge is -2.25. The Hall–Kier alpha value is -0.940. The third kappa shape index (κ3) is 3.08. The van der Waals surface area contributed by atoms with Gasteiger partial charge in [0.05, 0.1) is 0 Å². The molecule has 1 rings (SSSR count). The van der Waals surface area contributed by atoms with Gasteiger partial charge in [-0.1, -0.05) is 0 Å². The lowest BCUT2D eigenvalue weighted by molar-refractivity contribution is 0.307. The first kappa shape index (κ1) is 11.1. The zero-order chi connectivity index (χ0) is 10.6. The van der Waals surface area contributed by atoms with Gasteiger partial charge in [0, 0.05) is 12.0 Å². The predicted octanol–water partition coefficient (Wildman–Crippen LogP) is 0.467. The molecule has 14 heavy (non-hydrogen) atoms. The standard InChI is InChI=1S/C9H17N3O2/c10-7-3-1-6(2-4-7)9(12)14-8(11)5-13/h6-7,11-13H,1-5,10H2/t6-,7-. The molecule has 0 radical (unpaired) electrons. The zero-order valence-electron chi connectivity index (χ0n) is 8.12. The van der Waals surface area contributed by atoms with E-state index >= 15 is 0 Å². The van der Waals surface area contributed by atoms with E-state index in [2.05, 4.69) is 0 Å². The molecule has 5 heteroatoms. The number of aliphatic hydroxyl groups is 1. The monoisotopic (exact) mass is 199 g/mol. The van der Waals surface area contributed by atoms with Crippen LogP contribution in [-0.2, 0) is 4.74 Å². The summed E-state index contributed by atoms with van der Waals surface area (Å²) in [6, 6.07) is 0.247. The zero-order valence-corrected chi connectivity index (χ0v) is 8.12. The maximum atomic E-state index is 8.56. The lowest BCUT2D eigenvalue weighted by Crippen LogP contribution is -2.31. The second kappa shape index (κ2) is 5.07. The molecule has 0 aromatic carbocycles. The number of aliphatic hydroxyl groups excluding tert-OH is 1. The summed E-state index contributed by atoms with van der Waals surface area (Å²) >= 11 is 0. The Balaban J connectivity index is 2.34. The maximum absolute atomic E-state index is 8.56. The molecule has 0 aromatic heterocycles. The van der Waals surface area contributed by atoms with Crippen LogP contribution < -0.4 is 5.73 Å². The highest BCUT2D eigenvalue weighted by atomic mass is 16.5. The van der Waals surface area contributed by atoms with Gasteiger partial charge in [-0.25, -0.2) is 0 Å². The normalized spacial score (nSPS) is 27.0. The van der Waals surface area contributed by atoms with Crippen LogP contribution in [0.3, 0.4) is 0 Å². The topological polar surface area (TPSA) is 103 Å². The molecular formula is C9H17N3O2. The van der Waals surface area contributed by atoms with E-state index in [1.54, 1.807) is 0 Å². The van der Waals surface area contributed by atoms with Crippen molar-refractivity contribution < 1.29 is 9.84 Å². The van der Waals surface area contributed by atoms with E-state index in [9.17, 15) is 0 Å². The van der Waals surface area contributed by atoms with E-state index in [1.165, 1.54) is 0 Å². The molecule has 80 valence electrons. The van der Waals surface area contributed by atoms with Gasteiger partial charge in [-0.15, -0.1) is 0 Å². The maximum Gasteiger partial charge on any atom is 0.214 e. The van der Waals surface area contributed by atoms with Gasteiger partial charge < -0.3 is 15.6 Å². The van der Waals surface area contributed by atoms with E-state index in [4.69, 9.17) is 26.4 Å². The molecular weight excluding hydrogens is 182 g/mol. The summed E-state index contributed by atoms with van der Waals surface area (Å²) in [4.78, 5) is 0. The quantitative estimate of drug-likeness (QED) is 0.384. The van der Waals surface area contributed by atoms with Crippen molar-refractivity contribution in [2.24, 2.45) is 11.7 Å². The lowest BCUT2D eigenvalue weighted by atomic mass is 9.86. The fraction of sp³-hybridized carbons (Fsp3) is 0.778. The van der Waals surface area contributed by atoms with E-state index in [0.717, 1.165) is 25.7 Å². The van der Waals surface area contributed by atoms with Gasteiger partial charge in [-0.3, -0.25) is 10.8 Å². The van der Waals surface area contributed by atoms with Gasteiger partial charge in [0.1, 0.15) is 6.61 Å². The second-order valence-electron chi connectivity index (χ2n) is 3.66. The fourth-order valence-corrected chi connectivity index (χ4v) is 1.63. The number of hydrogen-bond acceptors (Lipinski definition) is 5. The van der Waals surface area contributed by atoms with Gasteiger partial charge in [-0.05, 0) is 25.7 Å². The Morgan fingerprint density at radius 2 is 1.86 bits per heavy atom. The molecule has 0 bridgehead atoms. The van der Waals surface area contributed by atoms with Crippen molar-refractivity contribution >= 4 is 11.8 Å². The molecule has 5 N–H and O–H groups in total. The van der Waals surface area contributed by atoms with E-state index in [1.807, 2.05) is 0 Å². The Labute approximate surface area is 83.3 Å². The fourth-order valence-electron chi connectivity index (χ4n) is 1.63. The van der Waals surface area contributed by atoms with Crippen LogP contribution in [0.4, 0.5) is 0 Å². The Kier molecular flexibility index (Phi) is 4.03. The molecule has 5 nitrogen and oxygen atoms in total.